The van der Waals surface area contributed by atoms with Crippen LogP contribution in [0.1, 0.15) is 11.1 Å². The van der Waals surface area contributed by atoms with E-state index < -0.39 is 22.5 Å². The molecule has 0 unspecified atom stereocenters. The zero-order valence-corrected chi connectivity index (χ0v) is 21.0. The van der Waals surface area contributed by atoms with Crippen molar-refractivity contribution in [3.63, 3.8) is 0 Å². The summed E-state index contributed by atoms with van der Waals surface area (Å²) in [6.45, 7) is -0.0976. The van der Waals surface area contributed by atoms with Gasteiger partial charge in [-0.2, -0.15) is 5.10 Å². The fourth-order valence-electron chi connectivity index (χ4n) is 2.83. The molecule has 0 fully saturated rings. The quantitative estimate of drug-likeness (QED) is 0.301. The number of carbonyl (C=O) groups is 1. The number of anilines is 1. The van der Waals surface area contributed by atoms with Gasteiger partial charge in [0.1, 0.15) is 18.9 Å². The second-order valence-electron chi connectivity index (χ2n) is 7.17. The molecule has 0 saturated heterocycles. The largest absolute Gasteiger partial charge is 0.489 e. The molecule has 0 aliphatic heterocycles. The van der Waals surface area contributed by atoms with Crippen LogP contribution in [0.25, 0.3) is 0 Å². The summed E-state index contributed by atoms with van der Waals surface area (Å²) in [6, 6.07) is 18.7. The molecule has 3 aromatic carbocycles. The molecule has 0 bridgehead atoms. The summed E-state index contributed by atoms with van der Waals surface area (Å²) in [4.78, 5) is 12.3. The van der Waals surface area contributed by atoms with Crippen LogP contribution in [0.3, 0.4) is 0 Å². The van der Waals surface area contributed by atoms with Crippen LogP contribution in [0.15, 0.2) is 71.8 Å². The molecule has 0 heterocycles. The number of benzene rings is 3. The van der Waals surface area contributed by atoms with Gasteiger partial charge in [-0.05, 0) is 65.7 Å². The first-order valence-electron chi connectivity index (χ1n) is 9.83. The lowest BCUT2D eigenvalue weighted by atomic mass is 10.2. The van der Waals surface area contributed by atoms with Gasteiger partial charge in [0.15, 0.2) is 0 Å². The second-order valence-corrected chi connectivity index (χ2v) is 10.4. The van der Waals surface area contributed by atoms with Gasteiger partial charge < -0.3 is 4.74 Å². The zero-order chi connectivity index (χ0) is 24.7. The topological polar surface area (TPSA) is 88.1 Å². The Morgan fingerprint density at radius 1 is 0.971 bits per heavy atom. The maximum absolute atomic E-state index is 12.3. The highest BCUT2D eigenvalue weighted by Gasteiger charge is 2.21. The fraction of sp³-hybridized carbons (Fsp3) is 0.130. The van der Waals surface area contributed by atoms with Crippen molar-refractivity contribution in [3.05, 3.63) is 92.9 Å². The number of hydrogen-bond acceptors (Lipinski definition) is 5. The minimum atomic E-state index is -3.77. The van der Waals surface area contributed by atoms with Crippen molar-refractivity contribution in [3.8, 4) is 5.75 Å². The number of nitrogens with zero attached hydrogens (tertiary/aromatic N) is 2. The van der Waals surface area contributed by atoms with Crippen LogP contribution in [0.5, 0.6) is 5.75 Å². The summed E-state index contributed by atoms with van der Waals surface area (Å²) in [6.07, 6.45) is 2.41. The number of nitrogens with one attached hydrogen (secondary N) is 1. The molecule has 0 aliphatic carbocycles. The van der Waals surface area contributed by atoms with Crippen molar-refractivity contribution in [2.24, 2.45) is 5.10 Å². The molecule has 0 saturated carbocycles. The third-order valence-corrected chi connectivity index (χ3v) is 6.25. The van der Waals surface area contributed by atoms with Crippen molar-refractivity contribution >= 4 is 62.6 Å². The monoisotopic (exact) mass is 539 g/mol. The predicted octanol–water partition coefficient (Wildman–Crippen LogP) is 5.14. The molecule has 0 aliphatic rings. The minimum Gasteiger partial charge on any atom is -0.489 e. The van der Waals surface area contributed by atoms with Gasteiger partial charge >= 0.3 is 0 Å². The number of ether oxygens (including phenoxy) is 1. The van der Waals surface area contributed by atoms with Gasteiger partial charge in [0.05, 0.1) is 18.2 Å². The Morgan fingerprint density at radius 3 is 2.18 bits per heavy atom. The highest BCUT2D eigenvalue weighted by atomic mass is 35.5. The Labute approximate surface area is 212 Å². The molecule has 1 amide bonds. The fourth-order valence-corrected chi connectivity index (χ4v) is 4.31. The number of hydrazone groups is 1. The molecule has 11 heteroatoms. The van der Waals surface area contributed by atoms with Crippen LogP contribution in [0.2, 0.25) is 15.1 Å². The van der Waals surface area contributed by atoms with Crippen LogP contribution in [-0.2, 0) is 21.4 Å². The third-order valence-electron chi connectivity index (χ3n) is 4.42. The lowest BCUT2D eigenvalue weighted by Gasteiger charge is -2.21. The van der Waals surface area contributed by atoms with Crippen molar-refractivity contribution in [1.29, 1.82) is 0 Å². The number of halogens is 3. The van der Waals surface area contributed by atoms with Gasteiger partial charge in [-0.1, -0.05) is 46.9 Å². The van der Waals surface area contributed by atoms with Gasteiger partial charge in [0.2, 0.25) is 10.0 Å². The van der Waals surface area contributed by atoms with Crippen molar-refractivity contribution in [1.82, 2.24) is 5.43 Å². The van der Waals surface area contributed by atoms with E-state index in [1.54, 1.807) is 36.4 Å². The van der Waals surface area contributed by atoms with E-state index in [0.29, 0.717) is 22.9 Å². The van der Waals surface area contributed by atoms with Gasteiger partial charge in [-0.15, -0.1) is 0 Å². The Balaban J connectivity index is 1.56. The normalized spacial score (nSPS) is 11.4. The van der Waals surface area contributed by atoms with Crippen molar-refractivity contribution in [2.45, 2.75) is 6.61 Å². The zero-order valence-electron chi connectivity index (χ0n) is 17.9. The summed E-state index contributed by atoms with van der Waals surface area (Å²) in [5.74, 6) is 0.0285. The van der Waals surface area contributed by atoms with Crippen LogP contribution in [-0.4, -0.2) is 33.3 Å². The summed E-state index contributed by atoms with van der Waals surface area (Å²) >= 11 is 17.8. The third kappa shape index (κ3) is 7.92. The molecule has 3 aromatic rings. The average Bonchev–Trinajstić information content (AvgIpc) is 2.76. The summed E-state index contributed by atoms with van der Waals surface area (Å²) in [7, 11) is -3.77. The van der Waals surface area contributed by atoms with Crippen LogP contribution in [0, 0.1) is 0 Å². The van der Waals surface area contributed by atoms with Gasteiger partial charge in [0.25, 0.3) is 5.91 Å². The lowest BCUT2D eigenvalue weighted by Crippen LogP contribution is -2.39. The highest BCUT2D eigenvalue weighted by molar-refractivity contribution is 7.92. The summed E-state index contributed by atoms with van der Waals surface area (Å²) in [5.41, 5.74) is 4.19. The average molecular weight is 541 g/mol. The van der Waals surface area contributed by atoms with Gasteiger partial charge in [0, 0.05) is 15.1 Å². The number of hydrogen-bond donors (Lipinski definition) is 1. The molecule has 0 atom stereocenters. The van der Waals surface area contributed by atoms with E-state index in [-0.39, 0.29) is 15.7 Å². The van der Waals surface area contributed by atoms with E-state index in [1.165, 1.54) is 24.4 Å². The Bertz CT molecular complexity index is 1260. The Morgan fingerprint density at radius 2 is 1.59 bits per heavy atom. The molecule has 0 radical (unpaired) electrons. The number of sulfonamides is 1. The van der Waals surface area contributed by atoms with Gasteiger partial charge in [-0.3, -0.25) is 9.10 Å². The predicted molar refractivity (Wildman–Crippen MR) is 137 cm³/mol. The maximum atomic E-state index is 12.3. The second kappa shape index (κ2) is 11.6. The van der Waals surface area contributed by atoms with E-state index >= 15 is 0 Å². The molecule has 0 spiro atoms. The van der Waals surface area contributed by atoms with E-state index in [2.05, 4.69) is 10.5 Å². The molecule has 34 heavy (non-hydrogen) atoms. The smallest absolute Gasteiger partial charge is 0.260 e. The molecular formula is C23H20Cl3N3O4S. The lowest BCUT2D eigenvalue weighted by molar-refractivity contribution is -0.119. The maximum Gasteiger partial charge on any atom is 0.260 e. The van der Waals surface area contributed by atoms with E-state index in [4.69, 9.17) is 39.5 Å². The SMILES string of the molecule is CS(=O)(=O)N(CC(=O)N/N=C\c1ccc(OCc2ccc(Cl)cc2)cc1)c1cc(Cl)cc(Cl)c1. The Hall–Kier alpha value is -2.78. The molecule has 178 valence electrons. The van der Waals surface area contributed by atoms with E-state index in [1.807, 2.05) is 12.1 Å². The summed E-state index contributed by atoms with van der Waals surface area (Å²) in [5, 5.41) is 5.04. The number of rotatable bonds is 9. The van der Waals surface area contributed by atoms with Gasteiger partial charge in [-0.25, -0.2) is 13.8 Å². The molecule has 7 nitrogen and oxygen atoms in total. The van der Waals surface area contributed by atoms with Crippen molar-refractivity contribution < 1.29 is 17.9 Å². The molecule has 0 aromatic heterocycles. The van der Waals surface area contributed by atoms with E-state index in [0.717, 1.165) is 16.1 Å². The number of amides is 1. The standard InChI is InChI=1S/C23H20Cl3N3O4S/c1-34(31,32)29(21-11-19(25)10-20(26)12-21)14-23(30)28-27-13-16-4-8-22(9-5-16)33-15-17-2-6-18(24)7-3-17/h2-13H,14-15H2,1H3,(H,28,30)/b27-13-. The minimum absolute atomic E-state index is 0.174. The first kappa shape index (κ1) is 25.8. The van der Waals surface area contributed by atoms with Crippen LogP contribution >= 0.6 is 34.8 Å². The molecular weight excluding hydrogens is 521 g/mol. The summed E-state index contributed by atoms with van der Waals surface area (Å²) < 4.78 is 31.0. The number of carbonyl (C=O) groups excluding carboxylic acids is 1. The first-order valence-corrected chi connectivity index (χ1v) is 12.8. The molecule has 3 rings (SSSR count). The van der Waals surface area contributed by atoms with Crippen molar-refractivity contribution in [2.75, 3.05) is 17.1 Å². The first-order chi connectivity index (χ1) is 16.1. The highest BCUT2D eigenvalue weighted by Crippen LogP contribution is 2.26. The Kier molecular flexibility index (Phi) is 8.79. The van der Waals surface area contributed by atoms with Crippen LogP contribution in [0.4, 0.5) is 5.69 Å². The molecule has 1 N–H and O–H groups in total. The van der Waals surface area contributed by atoms with E-state index in [9.17, 15) is 13.2 Å². The van der Waals surface area contributed by atoms with Crippen LogP contribution < -0.4 is 14.5 Å².